The highest BCUT2D eigenvalue weighted by Crippen LogP contribution is 2.39. The van der Waals surface area contributed by atoms with Crippen LogP contribution in [-0.4, -0.2) is 24.1 Å². The van der Waals surface area contributed by atoms with Gasteiger partial charge < -0.3 is 9.31 Å². The van der Waals surface area contributed by atoms with Crippen LogP contribution in [0, 0.1) is 11.8 Å². The smallest absolute Gasteiger partial charge is 0.403 e. The fourth-order valence-electron chi connectivity index (χ4n) is 2.94. The zero-order valence-corrected chi connectivity index (χ0v) is 13.0. The molecule has 3 nitrogen and oxygen atoms in total. The van der Waals surface area contributed by atoms with E-state index >= 15 is 0 Å². The number of carbonyl (C=O) groups excluding carboxylic acids is 1. The summed E-state index contributed by atoms with van der Waals surface area (Å²) in [5.41, 5.74) is -0.483. The van der Waals surface area contributed by atoms with E-state index in [1.165, 1.54) is 6.42 Å². The minimum Gasteiger partial charge on any atom is -0.403 e. The molecule has 1 unspecified atom stereocenters. The van der Waals surface area contributed by atoms with Crippen LogP contribution in [0.2, 0.25) is 6.32 Å². The van der Waals surface area contributed by atoms with Crippen molar-refractivity contribution < 1.29 is 14.1 Å². The maximum atomic E-state index is 11.7. The molecular weight excluding hydrogens is 239 g/mol. The summed E-state index contributed by atoms with van der Waals surface area (Å²) < 4.78 is 12.0. The number of hydrogen-bond acceptors (Lipinski definition) is 3. The van der Waals surface area contributed by atoms with Crippen LogP contribution >= 0.6 is 0 Å². The molecule has 0 N–H and O–H groups in total. The Balaban J connectivity index is 1.80. The van der Waals surface area contributed by atoms with E-state index in [9.17, 15) is 4.79 Å². The molecule has 108 valence electrons. The fourth-order valence-corrected chi connectivity index (χ4v) is 2.94. The standard InChI is InChI=1S/C15H27BO3/c1-11-6-7-12(10-13(11)17)8-9-16-18-14(2,3)15(4,5)19-16/h11-12H,6-10H2,1-5H3/t11?,12-/m0/s1. The van der Waals surface area contributed by atoms with E-state index in [1.807, 2.05) is 6.92 Å². The first kappa shape index (κ1) is 15.1. The van der Waals surface area contributed by atoms with E-state index in [1.54, 1.807) is 0 Å². The van der Waals surface area contributed by atoms with Gasteiger partial charge in [-0.25, -0.2) is 0 Å². The Kier molecular flexibility index (Phi) is 4.13. The van der Waals surface area contributed by atoms with E-state index in [0.717, 1.165) is 25.6 Å². The molecule has 4 heteroatoms. The predicted molar refractivity (Wildman–Crippen MR) is 77.0 cm³/mol. The van der Waals surface area contributed by atoms with Gasteiger partial charge in [-0.2, -0.15) is 0 Å². The van der Waals surface area contributed by atoms with E-state index in [-0.39, 0.29) is 24.2 Å². The Morgan fingerprint density at radius 2 is 1.74 bits per heavy atom. The first-order chi connectivity index (χ1) is 8.71. The fraction of sp³-hybridized carbons (Fsp3) is 0.933. The van der Waals surface area contributed by atoms with Gasteiger partial charge in [-0.1, -0.05) is 13.3 Å². The number of Topliss-reactive ketones (excluding diaryl/α,β-unsaturated/α-hetero) is 1. The number of hydrogen-bond donors (Lipinski definition) is 0. The number of carbonyl (C=O) groups is 1. The van der Waals surface area contributed by atoms with Crippen molar-refractivity contribution in [2.24, 2.45) is 11.8 Å². The highest BCUT2D eigenvalue weighted by molar-refractivity contribution is 6.45. The number of rotatable bonds is 3. The molecule has 0 aromatic carbocycles. The summed E-state index contributed by atoms with van der Waals surface area (Å²) in [6, 6.07) is 0. The van der Waals surface area contributed by atoms with Crippen molar-refractivity contribution >= 4 is 12.9 Å². The van der Waals surface area contributed by atoms with Gasteiger partial charge in [0.05, 0.1) is 11.2 Å². The van der Waals surface area contributed by atoms with E-state index in [2.05, 4.69) is 27.7 Å². The van der Waals surface area contributed by atoms with Crippen LogP contribution in [-0.2, 0) is 14.1 Å². The third-order valence-corrected chi connectivity index (χ3v) is 5.16. The predicted octanol–water partition coefficient (Wildman–Crippen LogP) is 3.47. The van der Waals surface area contributed by atoms with Crippen LogP contribution in [0.25, 0.3) is 0 Å². The van der Waals surface area contributed by atoms with Gasteiger partial charge in [-0.05, 0) is 52.8 Å². The van der Waals surface area contributed by atoms with Crippen molar-refractivity contribution in [2.75, 3.05) is 0 Å². The molecular formula is C15H27BO3. The molecule has 2 atom stereocenters. The van der Waals surface area contributed by atoms with Gasteiger partial charge in [-0.3, -0.25) is 4.79 Å². The second-order valence-electron chi connectivity index (χ2n) is 7.28. The average molecular weight is 266 g/mol. The lowest BCUT2D eigenvalue weighted by atomic mass is 9.74. The molecule has 2 rings (SSSR count). The molecule has 2 fully saturated rings. The highest BCUT2D eigenvalue weighted by atomic mass is 16.7. The van der Waals surface area contributed by atoms with Gasteiger partial charge >= 0.3 is 7.12 Å². The Morgan fingerprint density at radius 3 is 2.26 bits per heavy atom. The van der Waals surface area contributed by atoms with Crippen molar-refractivity contribution in [3.63, 3.8) is 0 Å². The second-order valence-corrected chi connectivity index (χ2v) is 7.28. The third-order valence-electron chi connectivity index (χ3n) is 5.16. The lowest BCUT2D eigenvalue weighted by molar-refractivity contribution is -0.125. The molecule has 0 aromatic heterocycles. The topological polar surface area (TPSA) is 35.5 Å². The lowest BCUT2D eigenvalue weighted by Crippen LogP contribution is -2.41. The monoisotopic (exact) mass is 266 g/mol. The van der Waals surface area contributed by atoms with Crippen LogP contribution in [0.1, 0.15) is 60.3 Å². The molecule has 1 saturated carbocycles. The zero-order valence-electron chi connectivity index (χ0n) is 13.0. The molecule has 2 aliphatic rings. The van der Waals surface area contributed by atoms with Gasteiger partial charge in [0.15, 0.2) is 0 Å². The summed E-state index contributed by atoms with van der Waals surface area (Å²) in [5, 5.41) is 0. The van der Waals surface area contributed by atoms with Gasteiger partial charge in [0.25, 0.3) is 0 Å². The maximum Gasteiger partial charge on any atom is 0.457 e. The summed E-state index contributed by atoms with van der Waals surface area (Å²) >= 11 is 0. The molecule has 0 amide bonds. The highest BCUT2D eigenvalue weighted by Gasteiger charge is 2.50. The van der Waals surface area contributed by atoms with Gasteiger partial charge in [0.1, 0.15) is 5.78 Å². The molecule has 0 bridgehead atoms. The SMILES string of the molecule is CC1CC[C@@H](CCB2OC(C)(C)C(C)(C)O2)CC1=O. The Hall–Kier alpha value is -0.345. The normalized spacial score (nSPS) is 33.7. The first-order valence-corrected chi connectivity index (χ1v) is 7.59. The summed E-state index contributed by atoms with van der Waals surface area (Å²) in [6.07, 6.45) is 4.91. The Bertz CT molecular complexity index is 335. The molecule has 1 saturated heterocycles. The van der Waals surface area contributed by atoms with Crippen LogP contribution in [0.15, 0.2) is 0 Å². The van der Waals surface area contributed by atoms with Crippen molar-refractivity contribution in [2.45, 2.75) is 77.8 Å². The molecule has 1 heterocycles. The van der Waals surface area contributed by atoms with Crippen molar-refractivity contribution in [1.82, 2.24) is 0 Å². The van der Waals surface area contributed by atoms with Crippen LogP contribution < -0.4 is 0 Å². The maximum absolute atomic E-state index is 11.7. The molecule has 0 aromatic rings. The van der Waals surface area contributed by atoms with Gasteiger partial charge in [0.2, 0.25) is 0 Å². The van der Waals surface area contributed by atoms with Crippen LogP contribution in [0.5, 0.6) is 0 Å². The Labute approximate surface area is 117 Å². The molecule has 1 aliphatic heterocycles. The van der Waals surface area contributed by atoms with Crippen molar-refractivity contribution in [1.29, 1.82) is 0 Å². The first-order valence-electron chi connectivity index (χ1n) is 7.59. The summed E-state index contributed by atoms with van der Waals surface area (Å²) in [6.45, 7) is 10.4. The molecule has 1 aliphatic carbocycles. The van der Waals surface area contributed by atoms with Gasteiger partial charge in [0, 0.05) is 12.3 Å². The molecule has 0 spiro atoms. The Morgan fingerprint density at radius 1 is 1.16 bits per heavy atom. The van der Waals surface area contributed by atoms with E-state index in [4.69, 9.17) is 9.31 Å². The van der Waals surface area contributed by atoms with Gasteiger partial charge in [-0.15, -0.1) is 0 Å². The number of ketones is 1. The van der Waals surface area contributed by atoms with Crippen LogP contribution in [0.4, 0.5) is 0 Å². The summed E-state index contributed by atoms with van der Waals surface area (Å²) in [4.78, 5) is 11.7. The zero-order chi connectivity index (χ0) is 14.3. The van der Waals surface area contributed by atoms with Crippen LogP contribution in [0.3, 0.4) is 0 Å². The minimum atomic E-state index is -0.242. The largest absolute Gasteiger partial charge is 0.457 e. The second kappa shape index (κ2) is 5.21. The summed E-state index contributed by atoms with van der Waals surface area (Å²) in [5.74, 6) is 1.24. The third kappa shape index (κ3) is 3.22. The average Bonchev–Trinajstić information content (AvgIpc) is 2.49. The van der Waals surface area contributed by atoms with Crippen molar-refractivity contribution in [3.8, 4) is 0 Å². The lowest BCUT2D eigenvalue weighted by Gasteiger charge is -2.32. The minimum absolute atomic E-state index is 0.112. The quantitative estimate of drug-likeness (QED) is 0.734. The van der Waals surface area contributed by atoms with Crippen molar-refractivity contribution in [3.05, 3.63) is 0 Å². The summed E-state index contributed by atoms with van der Waals surface area (Å²) in [7, 11) is -0.112. The van der Waals surface area contributed by atoms with E-state index in [0.29, 0.717) is 11.7 Å². The molecule has 19 heavy (non-hydrogen) atoms. The van der Waals surface area contributed by atoms with E-state index < -0.39 is 0 Å². The molecule has 0 radical (unpaired) electrons.